The van der Waals surface area contributed by atoms with Crippen LogP contribution in [0.1, 0.15) is 11.1 Å². The largest absolute Gasteiger partial charge is 0.496 e. The van der Waals surface area contributed by atoms with Gasteiger partial charge in [-0.2, -0.15) is 0 Å². The molecule has 0 bridgehead atoms. The number of hydrogen-bond acceptors (Lipinski definition) is 5. The molecule has 0 spiro atoms. The Morgan fingerprint density at radius 2 is 1.70 bits per heavy atom. The van der Waals surface area contributed by atoms with E-state index in [1.807, 2.05) is 0 Å². The zero-order chi connectivity index (χ0) is 15.6. The van der Waals surface area contributed by atoms with Gasteiger partial charge in [0.25, 0.3) is 0 Å². The number of ether oxygens (including phenoxy) is 1. The highest BCUT2D eigenvalue weighted by Gasteiger charge is 2.19. The van der Waals surface area contributed by atoms with Crippen LogP contribution in [0.25, 0.3) is 0 Å². The lowest BCUT2D eigenvalue weighted by atomic mass is 10.1. The molecule has 1 N–H and O–H groups in total. The summed E-state index contributed by atoms with van der Waals surface area (Å²) < 4.78 is 53.7. The molecule has 20 heavy (non-hydrogen) atoms. The minimum Gasteiger partial charge on any atom is -0.496 e. The van der Waals surface area contributed by atoms with Gasteiger partial charge in [-0.15, -0.1) is 0 Å². The highest BCUT2D eigenvalue weighted by atomic mass is 32.2. The Morgan fingerprint density at radius 3 is 2.20 bits per heavy atom. The van der Waals surface area contributed by atoms with Crippen LogP contribution in [0.15, 0.2) is 17.0 Å². The van der Waals surface area contributed by atoms with Crippen LogP contribution in [0.3, 0.4) is 0 Å². The second-order valence-corrected chi connectivity index (χ2v) is 8.61. The Kier molecular flexibility index (Phi) is 5.17. The van der Waals surface area contributed by atoms with Gasteiger partial charge in [-0.05, 0) is 37.1 Å². The van der Waals surface area contributed by atoms with Crippen LogP contribution in [-0.2, 0) is 19.9 Å². The molecule has 1 aromatic carbocycles. The molecular weight excluding hydrogens is 302 g/mol. The lowest BCUT2D eigenvalue weighted by Crippen LogP contribution is -2.29. The highest BCUT2D eigenvalue weighted by molar-refractivity contribution is 7.91. The Morgan fingerprint density at radius 1 is 1.10 bits per heavy atom. The molecule has 0 amide bonds. The number of nitrogens with one attached hydrogen (secondary N) is 1. The van der Waals surface area contributed by atoms with Gasteiger partial charge in [0.05, 0.1) is 17.8 Å². The fourth-order valence-corrected chi connectivity index (χ4v) is 3.65. The van der Waals surface area contributed by atoms with Crippen molar-refractivity contribution in [2.24, 2.45) is 0 Å². The van der Waals surface area contributed by atoms with Crippen molar-refractivity contribution in [3.63, 3.8) is 0 Å². The average Bonchev–Trinajstić information content (AvgIpc) is 2.29. The number of sulfone groups is 1. The van der Waals surface area contributed by atoms with Crippen molar-refractivity contribution in [1.82, 2.24) is 4.72 Å². The summed E-state index contributed by atoms with van der Waals surface area (Å²) in [6, 6.07) is 3.15. The summed E-state index contributed by atoms with van der Waals surface area (Å²) in [6.45, 7) is 3.26. The van der Waals surface area contributed by atoms with Crippen LogP contribution in [0.4, 0.5) is 0 Å². The van der Waals surface area contributed by atoms with Gasteiger partial charge in [-0.25, -0.2) is 21.6 Å². The smallest absolute Gasteiger partial charge is 0.240 e. The van der Waals surface area contributed by atoms with Gasteiger partial charge >= 0.3 is 0 Å². The number of rotatable bonds is 6. The van der Waals surface area contributed by atoms with Gasteiger partial charge in [0.1, 0.15) is 15.6 Å². The maximum absolute atomic E-state index is 12.1. The van der Waals surface area contributed by atoms with Gasteiger partial charge in [0, 0.05) is 12.8 Å². The van der Waals surface area contributed by atoms with E-state index >= 15 is 0 Å². The molecule has 0 aliphatic rings. The first-order valence-corrected chi connectivity index (χ1v) is 9.44. The van der Waals surface area contributed by atoms with Crippen molar-refractivity contribution < 1.29 is 21.6 Å². The SMILES string of the molecule is COc1cc(C)c(S(=O)(=O)NCCS(C)(=O)=O)cc1C. The summed E-state index contributed by atoms with van der Waals surface area (Å²) in [5, 5.41) is 0. The molecule has 0 heterocycles. The quantitative estimate of drug-likeness (QED) is 0.830. The second kappa shape index (κ2) is 6.11. The Hall–Kier alpha value is -1.12. The number of aryl methyl sites for hydroxylation is 2. The Bertz CT molecular complexity index is 693. The second-order valence-electron chi connectivity index (χ2n) is 4.61. The lowest BCUT2D eigenvalue weighted by molar-refractivity contribution is 0.411. The van der Waals surface area contributed by atoms with E-state index in [-0.39, 0.29) is 17.2 Å². The molecule has 0 unspecified atom stereocenters. The number of hydrogen-bond donors (Lipinski definition) is 1. The molecule has 0 saturated heterocycles. The standard InChI is InChI=1S/C12H19NO5S2/c1-9-8-12(10(2)7-11(9)18-3)20(16,17)13-5-6-19(4,14)15/h7-8,13H,5-6H2,1-4H3. The maximum atomic E-state index is 12.1. The van der Waals surface area contributed by atoms with Crippen molar-refractivity contribution in [3.8, 4) is 5.75 Å². The summed E-state index contributed by atoms with van der Waals surface area (Å²) in [5.74, 6) is 0.373. The Balaban J connectivity index is 3.01. The van der Waals surface area contributed by atoms with E-state index in [4.69, 9.17) is 4.74 Å². The first-order valence-electron chi connectivity index (χ1n) is 5.89. The molecule has 1 aromatic rings. The van der Waals surface area contributed by atoms with Gasteiger partial charge in [0.2, 0.25) is 10.0 Å². The van der Waals surface area contributed by atoms with E-state index in [1.54, 1.807) is 19.9 Å². The van der Waals surface area contributed by atoms with Crippen molar-refractivity contribution in [3.05, 3.63) is 23.3 Å². The fourth-order valence-electron chi connectivity index (χ4n) is 1.71. The van der Waals surface area contributed by atoms with Crippen LogP contribution in [0, 0.1) is 13.8 Å². The van der Waals surface area contributed by atoms with Gasteiger partial charge < -0.3 is 4.74 Å². The molecule has 6 nitrogen and oxygen atoms in total. The first kappa shape index (κ1) is 16.9. The molecule has 8 heteroatoms. The minimum absolute atomic E-state index is 0.129. The van der Waals surface area contributed by atoms with E-state index in [1.165, 1.54) is 13.2 Å². The third kappa shape index (κ3) is 4.46. The zero-order valence-electron chi connectivity index (χ0n) is 11.9. The molecule has 0 saturated carbocycles. The Labute approximate surface area is 120 Å². The van der Waals surface area contributed by atoms with Gasteiger partial charge in [-0.1, -0.05) is 0 Å². The molecule has 114 valence electrons. The fraction of sp³-hybridized carbons (Fsp3) is 0.500. The van der Waals surface area contributed by atoms with E-state index in [0.29, 0.717) is 16.9 Å². The molecule has 0 aliphatic carbocycles. The van der Waals surface area contributed by atoms with E-state index in [2.05, 4.69) is 4.72 Å². The topological polar surface area (TPSA) is 89.5 Å². The summed E-state index contributed by atoms with van der Waals surface area (Å²) >= 11 is 0. The predicted octanol–water partition coefficient (Wildman–Crippen LogP) is 0.635. The number of benzene rings is 1. The molecule has 0 aliphatic heterocycles. The lowest BCUT2D eigenvalue weighted by Gasteiger charge is -2.12. The van der Waals surface area contributed by atoms with Crippen molar-refractivity contribution in [2.45, 2.75) is 18.7 Å². The van der Waals surface area contributed by atoms with Crippen LogP contribution >= 0.6 is 0 Å². The summed E-state index contributed by atoms with van der Waals surface area (Å²) in [7, 11) is -5.42. The highest BCUT2D eigenvalue weighted by Crippen LogP contribution is 2.25. The zero-order valence-corrected chi connectivity index (χ0v) is 13.6. The molecular formula is C12H19NO5S2. The van der Waals surface area contributed by atoms with Gasteiger partial charge in [-0.3, -0.25) is 0 Å². The first-order chi connectivity index (χ1) is 9.07. The van der Waals surface area contributed by atoms with Crippen molar-refractivity contribution in [1.29, 1.82) is 0 Å². The summed E-state index contributed by atoms with van der Waals surface area (Å²) in [6.07, 6.45) is 1.06. The van der Waals surface area contributed by atoms with Crippen molar-refractivity contribution in [2.75, 3.05) is 25.7 Å². The average molecular weight is 321 g/mol. The number of methoxy groups -OCH3 is 1. The van der Waals surface area contributed by atoms with Crippen molar-refractivity contribution >= 4 is 19.9 Å². The third-order valence-corrected chi connectivity index (χ3v) is 5.30. The molecule has 0 radical (unpaired) electrons. The summed E-state index contributed by atoms with van der Waals surface area (Å²) in [4.78, 5) is 0.129. The summed E-state index contributed by atoms with van der Waals surface area (Å²) in [5.41, 5.74) is 1.24. The van der Waals surface area contributed by atoms with E-state index in [9.17, 15) is 16.8 Å². The third-order valence-electron chi connectivity index (χ3n) is 2.75. The maximum Gasteiger partial charge on any atom is 0.240 e. The number of sulfonamides is 1. The molecule has 0 aromatic heterocycles. The van der Waals surface area contributed by atoms with Crippen LogP contribution < -0.4 is 9.46 Å². The molecule has 0 atom stereocenters. The minimum atomic E-state index is -3.73. The van der Waals surface area contributed by atoms with E-state index < -0.39 is 19.9 Å². The normalized spacial score (nSPS) is 12.4. The van der Waals surface area contributed by atoms with E-state index in [0.717, 1.165) is 6.26 Å². The van der Waals surface area contributed by atoms with Crippen LogP contribution in [0.5, 0.6) is 5.75 Å². The van der Waals surface area contributed by atoms with Gasteiger partial charge in [0.15, 0.2) is 0 Å². The van der Waals surface area contributed by atoms with Crippen LogP contribution in [-0.4, -0.2) is 42.5 Å². The predicted molar refractivity (Wildman–Crippen MR) is 77.4 cm³/mol. The van der Waals surface area contributed by atoms with Crippen LogP contribution in [0.2, 0.25) is 0 Å². The molecule has 0 fully saturated rings. The molecule has 1 rings (SSSR count). The monoisotopic (exact) mass is 321 g/mol.